The largest absolute Gasteiger partial charge is 0.481 e. The minimum Gasteiger partial charge on any atom is -0.481 e. The Balaban J connectivity index is 1.60. The monoisotopic (exact) mass is 357 g/mol. The number of piperidine rings is 1. The van der Waals surface area contributed by atoms with Gasteiger partial charge in [0.25, 0.3) is 0 Å². The first-order valence-electron chi connectivity index (χ1n) is 9.32. The lowest BCUT2D eigenvalue weighted by Crippen LogP contribution is -2.42. The van der Waals surface area contributed by atoms with Crippen LogP contribution in [0.15, 0.2) is 24.3 Å². The second-order valence-electron chi connectivity index (χ2n) is 7.68. The van der Waals surface area contributed by atoms with Gasteiger partial charge in [-0.05, 0) is 61.4 Å². The topological polar surface area (TPSA) is 58.4 Å². The fourth-order valence-corrected chi connectivity index (χ4v) is 4.42. The molecule has 0 amide bonds. The number of aromatic nitrogens is 2. The number of likely N-dealkylation sites (tertiary alicyclic amines) is 1. The van der Waals surface area contributed by atoms with Crippen LogP contribution in [0.2, 0.25) is 0 Å². The molecule has 1 fully saturated rings. The molecule has 6 heteroatoms. The lowest BCUT2D eigenvalue weighted by atomic mass is 9.90. The normalized spacial score (nSPS) is 23.2. The van der Waals surface area contributed by atoms with E-state index in [0.717, 1.165) is 43.6 Å². The van der Waals surface area contributed by atoms with Crippen LogP contribution in [0.4, 0.5) is 4.39 Å². The van der Waals surface area contributed by atoms with Crippen LogP contribution in [0.1, 0.15) is 36.7 Å². The summed E-state index contributed by atoms with van der Waals surface area (Å²) in [5.41, 5.74) is 4.43. The molecule has 1 aliphatic heterocycles. The van der Waals surface area contributed by atoms with Gasteiger partial charge < -0.3 is 5.11 Å². The minimum atomic E-state index is -0.705. The molecular weight excluding hydrogens is 333 g/mol. The summed E-state index contributed by atoms with van der Waals surface area (Å²) in [6.07, 6.45) is 3.84. The first-order valence-corrected chi connectivity index (χ1v) is 9.32. The molecule has 26 heavy (non-hydrogen) atoms. The maximum Gasteiger partial charge on any atom is 0.307 e. The van der Waals surface area contributed by atoms with Crippen molar-refractivity contribution in [3.8, 4) is 5.69 Å². The second-order valence-corrected chi connectivity index (χ2v) is 7.68. The van der Waals surface area contributed by atoms with E-state index in [0.29, 0.717) is 19.0 Å². The van der Waals surface area contributed by atoms with Crippen molar-refractivity contribution in [2.45, 2.75) is 39.2 Å². The lowest BCUT2D eigenvalue weighted by Gasteiger charge is -2.34. The molecule has 1 N–H and O–H groups in total. The Kier molecular flexibility index (Phi) is 4.53. The zero-order valence-electron chi connectivity index (χ0n) is 15.0. The summed E-state index contributed by atoms with van der Waals surface area (Å²) in [4.78, 5) is 13.6. The smallest absolute Gasteiger partial charge is 0.307 e. The number of aliphatic carboxylic acids is 1. The first kappa shape index (κ1) is 17.2. The van der Waals surface area contributed by atoms with Crippen LogP contribution in [-0.4, -0.2) is 38.8 Å². The van der Waals surface area contributed by atoms with Crippen LogP contribution in [0.25, 0.3) is 5.69 Å². The van der Waals surface area contributed by atoms with Crippen molar-refractivity contribution in [1.82, 2.24) is 14.7 Å². The standard InChI is InChI=1S/C20H24FN3O2/c1-13-9-14(20(25)26)11-23(10-13)12-18-17-3-2-4-19(17)24(22-18)16-7-5-15(21)6-8-16/h5-8,13-14H,2-4,9-12H2,1H3,(H,25,26). The second kappa shape index (κ2) is 6.83. The van der Waals surface area contributed by atoms with Crippen molar-refractivity contribution in [2.24, 2.45) is 11.8 Å². The molecule has 1 aliphatic carbocycles. The van der Waals surface area contributed by atoms with Crippen LogP contribution >= 0.6 is 0 Å². The van der Waals surface area contributed by atoms with E-state index in [2.05, 4.69) is 11.8 Å². The number of hydrogen-bond acceptors (Lipinski definition) is 3. The van der Waals surface area contributed by atoms with Gasteiger partial charge in [-0.1, -0.05) is 6.92 Å². The van der Waals surface area contributed by atoms with Crippen molar-refractivity contribution in [2.75, 3.05) is 13.1 Å². The Labute approximate surface area is 152 Å². The molecule has 1 aromatic heterocycles. The quantitative estimate of drug-likeness (QED) is 0.914. The Morgan fingerprint density at radius 2 is 2.04 bits per heavy atom. The zero-order valence-corrected chi connectivity index (χ0v) is 15.0. The molecule has 138 valence electrons. The van der Waals surface area contributed by atoms with E-state index in [9.17, 15) is 14.3 Å². The summed E-state index contributed by atoms with van der Waals surface area (Å²) in [6.45, 7) is 4.29. The Morgan fingerprint density at radius 1 is 1.27 bits per heavy atom. The zero-order chi connectivity index (χ0) is 18.3. The lowest BCUT2D eigenvalue weighted by molar-refractivity contribution is -0.144. The van der Waals surface area contributed by atoms with Gasteiger partial charge in [0.2, 0.25) is 0 Å². The van der Waals surface area contributed by atoms with Gasteiger partial charge in [-0.15, -0.1) is 0 Å². The Hall–Kier alpha value is -2.21. The maximum atomic E-state index is 13.2. The van der Waals surface area contributed by atoms with Crippen molar-refractivity contribution < 1.29 is 14.3 Å². The fraction of sp³-hybridized carbons (Fsp3) is 0.500. The number of nitrogens with zero attached hydrogens (tertiary/aromatic N) is 3. The third-order valence-corrected chi connectivity index (χ3v) is 5.54. The molecule has 2 aromatic rings. The van der Waals surface area contributed by atoms with Gasteiger partial charge in [0.15, 0.2) is 0 Å². The minimum absolute atomic E-state index is 0.250. The number of fused-ring (bicyclic) bond motifs is 1. The number of carbonyl (C=O) groups is 1. The van der Waals surface area contributed by atoms with E-state index in [1.165, 1.54) is 23.4 Å². The van der Waals surface area contributed by atoms with Gasteiger partial charge in [-0.3, -0.25) is 9.69 Å². The molecular formula is C20H24FN3O2. The fourth-order valence-electron chi connectivity index (χ4n) is 4.42. The summed E-state index contributed by atoms with van der Waals surface area (Å²) in [7, 11) is 0. The molecule has 2 atom stereocenters. The van der Waals surface area contributed by atoms with Gasteiger partial charge in [0.1, 0.15) is 5.82 Å². The van der Waals surface area contributed by atoms with Gasteiger partial charge in [0.05, 0.1) is 17.3 Å². The van der Waals surface area contributed by atoms with Crippen molar-refractivity contribution in [3.63, 3.8) is 0 Å². The van der Waals surface area contributed by atoms with Gasteiger partial charge >= 0.3 is 5.97 Å². The molecule has 1 saturated heterocycles. The highest BCUT2D eigenvalue weighted by Crippen LogP contribution is 2.30. The summed E-state index contributed by atoms with van der Waals surface area (Å²) >= 11 is 0. The van der Waals surface area contributed by atoms with Gasteiger partial charge in [-0.25, -0.2) is 9.07 Å². The Morgan fingerprint density at radius 3 is 2.77 bits per heavy atom. The molecule has 0 radical (unpaired) electrons. The van der Waals surface area contributed by atoms with Crippen molar-refractivity contribution >= 4 is 5.97 Å². The highest BCUT2D eigenvalue weighted by Gasteiger charge is 2.31. The molecule has 0 saturated carbocycles. The predicted octanol–water partition coefficient (Wildman–Crippen LogP) is 3.04. The van der Waals surface area contributed by atoms with E-state index in [1.807, 2.05) is 4.68 Å². The van der Waals surface area contributed by atoms with Gasteiger partial charge in [-0.2, -0.15) is 5.10 Å². The highest BCUT2D eigenvalue weighted by atomic mass is 19.1. The number of hydrogen-bond donors (Lipinski definition) is 1. The van der Waals surface area contributed by atoms with E-state index in [4.69, 9.17) is 5.10 Å². The summed E-state index contributed by atoms with van der Waals surface area (Å²) in [5, 5.41) is 14.2. The van der Waals surface area contributed by atoms with Crippen LogP contribution < -0.4 is 0 Å². The van der Waals surface area contributed by atoms with Crippen LogP contribution in [-0.2, 0) is 24.2 Å². The SMILES string of the molecule is CC1CC(C(=O)O)CN(Cc2nn(-c3ccc(F)cc3)c3c2CCC3)C1. The average molecular weight is 357 g/mol. The summed E-state index contributed by atoms with van der Waals surface area (Å²) in [5.74, 6) is -0.883. The van der Waals surface area contributed by atoms with E-state index < -0.39 is 5.97 Å². The summed E-state index contributed by atoms with van der Waals surface area (Å²) < 4.78 is 15.2. The molecule has 2 aliphatic rings. The number of carboxylic acid groups (broad SMARTS) is 1. The summed E-state index contributed by atoms with van der Waals surface area (Å²) in [6, 6.07) is 6.44. The predicted molar refractivity (Wildman–Crippen MR) is 95.7 cm³/mol. The number of halogens is 1. The van der Waals surface area contributed by atoms with Crippen molar-refractivity contribution in [3.05, 3.63) is 47.0 Å². The van der Waals surface area contributed by atoms with E-state index in [-0.39, 0.29) is 11.7 Å². The third-order valence-electron chi connectivity index (χ3n) is 5.54. The van der Waals surface area contributed by atoms with Gasteiger partial charge in [0, 0.05) is 25.3 Å². The molecule has 0 bridgehead atoms. The molecule has 4 rings (SSSR count). The number of carboxylic acids is 1. The first-order chi connectivity index (χ1) is 12.5. The van der Waals surface area contributed by atoms with E-state index in [1.54, 1.807) is 12.1 Å². The maximum absolute atomic E-state index is 13.2. The molecule has 0 spiro atoms. The molecule has 5 nitrogen and oxygen atoms in total. The van der Waals surface area contributed by atoms with Crippen molar-refractivity contribution in [1.29, 1.82) is 0 Å². The molecule has 1 aromatic carbocycles. The van der Waals surface area contributed by atoms with E-state index >= 15 is 0 Å². The average Bonchev–Trinajstić information content (AvgIpc) is 3.19. The molecule has 2 heterocycles. The number of benzene rings is 1. The highest BCUT2D eigenvalue weighted by molar-refractivity contribution is 5.70. The molecule has 2 unspecified atom stereocenters. The van der Waals surface area contributed by atoms with Crippen LogP contribution in [0.5, 0.6) is 0 Å². The van der Waals surface area contributed by atoms with Crippen LogP contribution in [0.3, 0.4) is 0 Å². The van der Waals surface area contributed by atoms with Crippen LogP contribution in [0, 0.1) is 17.7 Å². The third kappa shape index (κ3) is 3.26. The number of rotatable bonds is 4. The Bertz CT molecular complexity index is 815.